The maximum Gasteiger partial charge on any atom is 0.261 e. The van der Waals surface area contributed by atoms with Crippen LogP contribution < -0.4 is 0 Å². The van der Waals surface area contributed by atoms with Crippen LogP contribution in [0, 0.1) is 6.92 Å². The average Bonchev–Trinajstić information content (AvgIpc) is 2.67. The van der Waals surface area contributed by atoms with Crippen LogP contribution in [-0.4, -0.2) is 23.4 Å². The van der Waals surface area contributed by atoms with Gasteiger partial charge in [0.25, 0.3) is 5.91 Å². The van der Waals surface area contributed by atoms with Crippen LogP contribution in [0.4, 0.5) is 0 Å². The monoisotopic (exact) mass is 403 g/mol. The largest absolute Gasteiger partial charge is 0.324 e. The van der Waals surface area contributed by atoms with Gasteiger partial charge in [-0.3, -0.25) is 4.79 Å². The summed E-state index contributed by atoms with van der Waals surface area (Å²) in [6, 6.07) is 8.38. The highest BCUT2D eigenvalue weighted by Gasteiger charge is 2.49. The third-order valence-corrected chi connectivity index (χ3v) is 5.50. The molecule has 0 bridgehead atoms. The number of allylic oxidation sites excluding steroid dienone is 3. The molecule has 1 atom stereocenters. The first-order chi connectivity index (χ1) is 10.4. The quantitative estimate of drug-likeness (QED) is 0.636. The number of aryl methyl sites for hydroxylation is 1. The van der Waals surface area contributed by atoms with E-state index < -0.39 is 5.54 Å². The summed E-state index contributed by atoms with van der Waals surface area (Å²) in [5.41, 5.74) is 4.97. The summed E-state index contributed by atoms with van der Waals surface area (Å²) in [6.45, 7) is 8.15. The molecule has 112 valence electrons. The van der Waals surface area contributed by atoms with E-state index in [1.165, 1.54) is 5.56 Å². The Bertz CT molecular complexity index is 767. The normalized spacial score (nSPS) is 24.5. The topological polar surface area (TPSA) is 20.3 Å². The molecular formula is C19H18INO. The number of likely N-dealkylation sites (N-methyl/N-ethyl adjacent to an activating group) is 1. The van der Waals surface area contributed by atoms with Crippen molar-refractivity contribution in [2.75, 3.05) is 7.05 Å². The number of amides is 1. The van der Waals surface area contributed by atoms with Crippen molar-refractivity contribution >= 4 is 34.1 Å². The fraction of sp³-hybridized carbons (Fsp3) is 0.211. The Kier molecular flexibility index (Phi) is 3.63. The molecule has 1 aliphatic carbocycles. The van der Waals surface area contributed by atoms with E-state index in [2.05, 4.69) is 79.4 Å². The predicted molar refractivity (Wildman–Crippen MR) is 99.7 cm³/mol. The number of carbonyl (C=O) groups excluding carboxylic acids is 1. The second-order valence-electron chi connectivity index (χ2n) is 5.92. The third-order valence-electron chi connectivity index (χ3n) is 4.50. The summed E-state index contributed by atoms with van der Waals surface area (Å²) in [7, 11) is 1.87. The van der Waals surface area contributed by atoms with E-state index in [9.17, 15) is 4.79 Å². The Balaban J connectivity index is 2.27. The van der Waals surface area contributed by atoms with E-state index in [0.29, 0.717) is 0 Å². The van der Waals surface area contributed by atoms with Gasteiger partial charge in [0.1, 0.15) is 5.54 Å². The van der Waals surface area contributed by atoms with Gasteiger partial charge in [-0.15, -0.1) is 0 Å². The minimum Gasteiger partial charge on any atom is -0.324 e. The fourth-order valence-electron chi connectivity index (χ4n) is 3.27. The maximum absolute atomic E-state index is 12.6. The Morgan fingerprint density at radius 3 is 2.41 bits per heavy atom. The summed E-state index contributed by atoms with van der Waals surface area (Å²) in [5.74, 6) is 0.0705. The van der Waals surface area contributed by atoms with Crippen molar-refractivity contribution < 1.29 is 4.79 Å². The lowest BCUT2D eigenvalue weighted by atomic mass is 9.76. The van der Waals surface area contributed by atoms with E-state index in [0.717, 1.165) is 25.9 Å². The Hall–Kier alpha value is -1.62. The molecule has 0 fully saturated rings. The molecule has 1 aromatic rings. The number of rotatable bonds is 1. The average molecular weight is 403 g/mol. The zero-order valence-electron chi connectivity index (χ0n) is 13.0. The first-order valence-corrected chi connectivity index (χ1v) is 8.28. The van der Waals surface area contributed by atoms with Crippen molar-refractivity contribution in [3.8, 4) is 0 Å². The van der Waals surface area contributed by atoms with Crippen LogP contribution in [0.25, 0.3) is 5.57 Å². The van der Waals surface area contributed by atoms with Crippen molar-refractivity contribution in [2.24, 2.45) is 0 Å². The van der Waals surface area contributed by atoms with Gasteiger partial charge in [-0.05, 0) is 59.2 Å². The van der Waals surface area contributed by atoms with Crippen LogP contribution in [0.1, 0.15) is 18.1 Å². The highest BCUT2D eigenvalue weighted by molar-refractivity contribution is 14.1. The van der Waals surface area contributed by atoms with Crippen LogP contribution in [0.15, 0.2) is 63.8 Å². The summed E-state index contributed by atoms with van der Waals surface area (Å²) in [6.07, 6.45) is 6.16. The number of carbonyl (C=O) groups is 1. The van der Waals surface area contributed by atoms with Gasteiger partial charge in [0.05, 0.1) is 3.58 Å². The van der Waals surface area contributed by atoms with Crippen LogP contribution in [0.3, 0.4) is 0 Å². The molecule has 0 aromatic heterocycles. The summed E-state index contributed by atoms with van der Waals surface area (Å²) in [4.78, 5) is 14.5. The van der Waals surface area contributed by atoms with Crippen LogP contribution in [-0.2, 0) is 4.79 Å². The second kappa shape index (κ2) is 5.23. The molecule has 3 rings (SSSR count). The first kappa shape index (κ1) is 15.3. The van der Waals surface area contributed by atoms with Gasteiger partial charge in [-0.25, -0.2) is 0 Å². The molecule has 0 N–H and O–H groups in total. The maximum atomic E-state index is 12.6. The Labute approximate surface area is 145 Å². The predicted octanol–water partition coefficient (Wildman–Crippen LogP) is 4.42. The molecule has 1 unspecified atom stereocenters. The molecule has 1 aromatic carbocycles. The summed E-state index contributed by atoms with van der Waals surface area (Å²) >= 11 is 2.18. The zero-order valence-corrected chi connectivity index (χ0v) is 15.1. The zero-order chi connectivity index (χ0) is 16.1. The number of hydrogen-bond acceptors (Lipinski definition) is 1. The second-order valence-corrected chi connectivity index (χ2v) is 7.00. The Morgan fingerprint density at radius 1 is 1.18 bits per heavy atom. The van der Waals surface area contributed by atoms with Gasteiger partial charge >= 0.3 is 0 Å². The molecule has 1 amide bonds. The van der Waals surface area contributed by atoms with Crippen molar-refractivity contribution in [1.82, 2.24) is 4.90 Å². The smallest absolute Gasteiger partial charge is 0.261 e. The molecule has 22 heavy (non-hydrogen) atoms. The van der Waals surface area contributed by atoms with Crippen molar-refractivity contribution in [3.05, 3.63) is 74.9 Å². The van der Waals surface area contributed by atoms with Crippen LogP contribution in [0.5, 0.6) is 0 Å². The Morgan fingerprint density at radius 2 is 1.82 bits per heavy atom. The standard InChI is InChI=1S/C19H18INO/c1-12-5-7-15(8-6-12)16-17(20)18(22)21(4)19(16)10-9-13(2)11-14(19)3/h5-11H,2H2,1,3-4H3. The minimum atomic E-state index is -0.496. The highest BCUT2D eigenvalue weighted by atomic mass is 127. The van der Waals surface area contributed by atoms with E-state index in [-0.39, 0.29) is 5.91 Å². The molecule has 3 heteroatoms. The lowest BCUT2D eigenvalue weighted by molar-refractivity contribution is -0.125. The van der Waals surface area contributed by atoms with Gasteiger partial charge in [0.15, 0.2) is 0 Å². The van der Waals surface area contributed by atoms with E-state index in [4.69, 9.17) is 0 Å². The first-order valence-electron chi connectivity index (χ1n) is 7.20. The van der Waals surface area contributed by atoms with Gasteiger partial charge in [0, 0.05) is 12.6 Å². The van der Waals surface area contributed by atoms with Crippen molar-refractivity contribution in [1.29, 1.82) is 0 Å². The fourth-order valence-corrected chi connectivity index (χ4v) is 4.35. The number of halogens is 1. The van der Waals surface area contributed by atoms with Gasteiger partial charge in [-0.1, -0.05) is 48.6 Å². The number of benzene rings is 1. The molecule has 2 nitrogen and oxygen atoms in total. The van der Waals surface area contributed by atoms with E-state index in [1.807, 2.05) is 18.0 Å². The van der Waals surface area contributed by atoms with Crippen molar-refractivity contribution in [2.45, 2.75) is 19.4 Å². The molecule has 1 heterocycles. The number of nitrogens with zero attached hydrogens (tertiary/aromatic N) is 1. The van der Waals surface area contributed by atoms with Crippen LogP contribution >= 0.6 is 22.6 Å². The van der Waals surface area contributed by atoms with Gasteiger partial charge in [-0.2, -0.15) is 0 Å². The summed E-state index contributed by atoms with van der Waals surface area (Å²) < 4.78 is 0.786. The molecule has 2 aliphatic rings. The van der Waals surface area contributed by atoms with Crippen molar-refractivity contribution in [3.63, 3.8) is 0 Å². The lowest BCUT2D eigenvalue weighted by Crippen LogP contribution is -2.45. The summed E-state index contributed by atoms with van der Waals surface area (Å²) in [5, 5.41) is 0. The van der Waals surface area contributed by atoms with E-state index in [1.54, 1.807) is 0 Å². The SMILES string of the molecule is C=C1C=CC2(C(C)=C1)C(c1ccc(C)cc1)=C(I)C(=O)N2C. The number of hydrogen-bond donors (Lipinski definition) is 0. The lowest BCUT2D eigenvalue weighted by Gasteiger charge is -2.39. The molecular weight excluding hydrogens is 385 g/mol. The minimum absolute atomic E-state index is 0.0705. The third kappa shape index (κ3) is 2.02. The molecule has 0 saturated heterocycles. The molecule has 1 aliphatic heterocycles. The van der Waals surface area contributed by atoms with Gasteiger partial charge < -0.3 is 4.90 Å². The molecule has 0 saturated carbocycles. The highest BCUT2D eigenvalue weighted by Crippen LogP contribution is 2.50. The van der Waals surface area contributed by atoms with Gasteiger partial charge in [0.2, 0.25) is 0 Å². The van der Waals surface area contributed by atoms with E-state index >= 15 is 0 Å². The van der Waals surface area contributed by atoms with Crippen LogP contribution in [0.2, 0.25) is 0 Å². The molecule has 1 spiro atoms. The molecule has 0 radical (unpaired) electrons.